The van der Waals surface area contributed by atoms with E-state index in [-0.39, 0.29) is 0 Å². The van der Waals surface area contributed by atoms with Crippen LogP contribution in [-0.2, 0) is 0 Å². The molecule has 5 heteroatoms. The van der Waals surface area contributed by atoms with Crippen molar-refractivity contribution in [2.45, 2.75) is 13.8 Å². The molecule has 0 spiro atoms. The maximum Gasteiger partial charge on any atom is 0.117 e. The Bertz CT molecular complexity index is 773. The SMILES string of the molecule is Cc1ccc(C)c(-n2cc(N)c(-c3csc(Cl)c3)n2)c1. The van der Waals surface area contributed by atoms with Gasteiger partial charge < -0.3 is 5.73 Å². The van der Waals surface area contributed by atoms with E-state index in [0.29, 0.717) is 5.69 Å². The summed E-state index contributed by atoms with van der Waals surface area (Å²) in [5, 5.41) is 6.57. The third-order valence-electron chi connectivity index (χ3n) is 3.19. The van der Waals surface area contributed by atoms with Crippen LogP contribution in [0.5, 0.6) is 0 Å². The lowest BCUT2D eigenvalue weighted by Crippen LogP contribution is -1.98. The largest absolute Gasteiger partial charge is 0.396 e. The Morgan fingerprint density at radius 1 is 1.25 bits per heavy atom. The summed E-state index contributed by atoms with van der Waals surface area (Å²) < 4.78 is 2.57. The molecule has 102 valence electrons. The first-order valence-electron chi connectivity index (χ1n) is 6.22. The zero-order chi connectivity index (χ0) is 14.3. The second-order valence-electron chi connectivity index (χ2n) is 4.81. The highest BCUT2D eigenvalue weighted by atomic mass is 35.5. The second kappa shape index (κ2) is 4.96. The predicted octanol–water partition coefficient (Wildman–Crippen LogP) is 4.45. The Hall–Kier alpha value is -1.78. The Balaban J connectivity index is 2.11. The molecular formula is C15H14ClN3S. The second-order valence-corrected chi connectivity index (χ2v) is 6.35. The topological polar surface area (TPSA) is 43.8 Å². The summed E-state index contributed by atoms with van der Waals surface area (Å²) in [6, 6.07) is 8.17. The van der Waals surface area contributed by atoms with Crippen LogP contribution in [0.3, 0.4) is 0 Å². The molecule has 0 atom stereocenters. The quantitative estimate of drug-likeness (QED) is 0.760. The van der Waals surface area contributed by atoms with E-state index in [0.717, 1.165) is 26.8 Å². The molecule has 0 unspecified atom stereocenters. The van der Waals surface area contributed by atoms with Gasteiger partial charge in [0.05, 0.1) is 21.9 Å². The lowest BCUT2D eigenvalue weighted by atomic mass is 10.1. The molecular weight excluding hydrogens is 290 g/mol. The zero-order valence-electron chi connectivity index (χ0n) is 11.2. The van der Waals surface area contributed by atoms with Crippen LogP contribution in [0.4, 0.5) is 5.69 Å². The van der Waals surface area contributed by atoms with Crippen molar-refractivity contribution in [1.29, 1.82) is 0 Å². The van der Waals surface area contributed by atoms with Gasteiger partial charge in [-0.05, 0) is 37.1 Å². The summed E-state index contributed by atoms with van der Waals surface area (Å²) in [4.78, 5) is 0. The van der Waals surface area contributed by atoms with Gasteiger partial charge in [0.1, 0.15) is 5.69 Å². The fourth-order valence-electron chi connectivity index (χ4n) is 2.14. The van der Waals surface area contributed by atoms with E-state index in [9.17, 15) is 0 Å². The van der Waals surface area contributed by atoms with Crippen LogP contribution in [-0.4, -0.2) is 9.78 Å². The lowest BCUT2D eigenvalue weighted by molar-refractivity contribution is 0.875. The molecule has 0 aliphatic carbocycles. The van der Waals surface area contributed by atoms with Gasteiger partial charge >= 0.3 is 0 Å². The third-order valence-corrected chi connectivity index (χ3v) is 4.29. The number of aryl methyl sites for hydroxylation is 2. The molecule has 2 heterocycles. The van der Waals surface area contributed by atoms with Gasteiger partial charge in [0.25, 0.3) is 0 Å². The van der Waals surface area contributed by atoms with Gasteiger partial charge in [-0.3, -0.25) is 0 Å². The number of nitrogens with two attached hydrogens (primary N) is 1. The van der Waals surface area contributed by atoms with E-state index in [4.69, 9.17) is 17.3 Å². The molecule has 0 aliphatic heterocycles. The first kappa shape index (κ1) is 13.2. The maximum absolute atomic E-state index is 6.09. The molecule has 0 radical (unpaired) electrons. The molecule has 20 heavy (non-hydrogen) atoms. The van der Waals surface area contributed by atoms with Crippen molar-refractivity contribution in [2.24, 2.45) is 0 Å². The number of anilines is 1. The number of hydrogen-bond donors (Lipinski definition) is 1. The highest BCUT2D eigenvalue weighted by Crippen LogP contribution is 2.32. The summed E-state index contributed by atoms with van der Waals surface area (Å²) in [6.07, 6.45) is 1.85. The zero-order valence-corrected chi connectivity index (χ0v) is 12.8. The number of nitrogen functional groups attached to an aromatic ring is 1. The standard InChI is InChI=1S/C15H14ClN3S/c1-9-3-4-10(2)13(5-9)19-7-12(17)15(18-19)11-6-14(16)20-8-11/h3-8H,17H2,1-2H3. The minimum absolute atomic E-state index is 0.653. The van der Waals surface area contributed by atoms with Gasteiger partial charge in [-0.25, -0.2) is 4.68 Å². The first-order chi connectivity index (χ1) is 9.54. The molecule has 3 rings (SSSR count). The molecule has 3 nitrogen and oxygen atoms in total. The number of halogens is 1. The highest BCUT2D eigenvalue weighted by molar-refractivity contribution is 7.14. The summed E-state index contributed by atoms with van der Waals surface area (Å²) in [7, 11) is 0. The van der Waals surface area contributed by atoms with E-state index in [1.54, 1.807) is 0 Å². The molecule has 0 amide bonds. The number of nitrogens with zero attached hydrogens (tertiary/aromatic N) is 2. The van der Waals surface area contributed by atoms with Gasteiger partial charge in [-0.15, -0.1) is 11.3 Å². The fourth-order valence-corrected chi connectivity index (χ4v) is 3.00. The Morgan fingerprint density at radius 2 is 2.05 bits per heavy atom. The molecule has 2 aromatic heterocycles. The van der Waals surface area contributed by atoms with Crippen molar-refractivity contribution < 1.29 is 0 Å². The van der Waals surface area contributed by atoms with Crippen LogP contribution in [0.1, 0.15) is 11.1 Å². The third kappa shape index (κ3) is 2.32. The van der Waals surface area contributed by atoms with Crippen molar-refractivity contribution in [2.75, 3.05) is 5.73 Å². The summed E-state index contributed by atoms with van der Waals surface area (Å²) in [5.74, 6) is 0. The van der Waals surface area contributed by atoms with Crippen molar-refractivity contribution in [1.82, 2.24) is 9.78 Å². The van der Waals surface area contributed by atoms with Gasteiger partial charge in [-0.2, -0.15) is 5.10 Å². The van der Waals surface area contributed by atoms with Gasteiger partial charge in [0.15, 0.2) is 0 Å². The normalized spacial score (nSPS) is 10.9. The summed E-state index contributed by atoms with van der Waals surface area (Å²) in [6.45, 7) is 4.13. The van der Waals surface area contributed by atoms with Gasteiger partial charge in [0.2, 0.25) is 0 Å². The maximum atomic E-state index is 6.09. The van der Waals surface area contributed by atoms with E-state index < -0.39 is 0 Å². The number of benzene rings is 1. The molecule has 0 saturated heterocycles. The predicted molar refractivity (Wildman–Crippen MR) is 85.8 cm³/mol. The first-order valence-corrected chi connectivity index (χ1v) is 7.47. The average Bonchev–Trinajstić information content (AvgIpc) is 2.98. The average molecular weight is 304 g/mol. The smallest absolute Gasteiger partial charge is 0.117 e. The summed E-state index contributed by atoms with van der Waals surface area (Å²) in [5.41, 5.74) is 11.9. The molecule has 0 aliphatic rings. The van der Waals surface area contributed by atoms with Crippen molar-refractivity contribution in [3.8, 4) is 16.9 Å². The van der Waals surface area contributed by atoms with E-state index in [1.807, 2.05) is 22.3 Å². The molecule has 0 fully saturated rings. The van der Waals surface area contributed by atoms with Crippen LogP contribution in [0.25, 0.3) is 16.9 Å². The van der Waals surface area contributed by atoms with Gasteiger partial charge in [-0.1, -0.05) is 23.7 Å². The van der Waals surface area contributed by atoms with Crippen LogP contribution in [0.2, 0.25) is 4.34 Å². The number of rotatable bonds is 2. The van der Waals surface area contributed by atoms with Crippen LogP contribution < -0.4 is 5.73 Å². The highest BCUT2D eigenvalue weighted by Gasteiger charge is 2.12. The lowest BCUT2D eigenvalue weighted by Gasteiger charge is -2.06. The molecule has 0 bridgehead atoms. The minimum Gasteiger partial charge on any atom is -0.396 e. The van der Waals surface area contributed by atoms with Crippen LogP contribution >= 0.6 is 22.9 Å². The van der Waals surface area contributed by atoms with Gasteiger partial charge in [0, 0.05) is 10.9 Å². The fraction of sp³-hybridized carbons (Fsp3) is 0.133. The van der Waals surface area contributed by atoms with E-state index in [1.165, 1.54) is 16.9 Å². The van der Waals surface area contributed by atoms with E-state index >= 15 is 0 Å². The van der Waals surface area contributed by atoms with Crippen molar-refractivity contribution >= 4 is 28.6 Å². The minimum atomic E-state index is 0.653. The summed E-state index contributed by atoms with van der Waals surface area (Å²) >= 11 is 7.45. The van der Waals surface area contributed by atoms with Crippen LogP contribution in [0, 0.1) is 13.8 Å². The molecule has 3 aromatic rings. The number of thiophene rings is 1. The van der Waals surface area contributed by atoms with Crippen molar-refractivity contribution in [3.63, 3.8) is 0 Å². The number of aromatic nitrogens is 2. The Morgan fingerprint density at radius 3 is 2.75 bits per heavy atom. The number of hydrogen-bond acceptors (Lipinski definition) is 3. The van der Waals surface area contributed by atoms with E-state index in [2.05, 4.69) is 37.1 Å². The monoisotopic (exact) mass is 303 g/mol. The Kier molecular flexibility index (Phi) is 3.28. The van der Waals surface area contributed by atoms with Crippen LogP contribution in [0.15, 0.2) is 35.8 Å². The Labute approximate surface area is 126 Å². The molecule has 2 N–H and O–H groups in total. The molecule has 0 saturated carbocycles. The van der Waals surface area contributed by atoms with Crippen molar-refractivity contribution in [3.05, 3.63) is 51.3 Å². The molecule has 1 aromatic carbocycles.